The van der Waals surface area contributed by atoms with Crippen LogP contribution in [-0.2, 0) is 0 Å². The van der Waals surface area contributed by atoms with Gasteiger partial charge < -0.3 is 15.2 Å². The van der Waals surface area contributed by atoms with E-state index in [-0.39, 0.29) is 11.0 Å². The molecular weight excluding hydrogens is 253 g/mol. The predicted octanol–water partition coefficient (Wildman–Crippen LogP) is 1.24. The summed E-state index contributed by atoms with van der Waals surface area (Å²) in [5, 5.41) is 19.5. The number of halogens is 2. The smallest absolute Gasteiger partial charge is 0.156 e. The van der Waals surface area contributed by atoms with Crippen molar-refractivity contribution in [3.63, 3.8) is 0 Å². The van der Waals surface area contributed by atoms with Gasteiger partial charge in [-0.05, 0) is 0 Å². The SMILES string of the molecule is OC(CCl)C(O)c1c[nH]c2c(Cl)ncnc12. The molecule has 2 unspecified atom stereocenters. The van der Waals surface area contributed by atoms with E-state index in [1.54, 1.807) is 0 Å². The Bertz CT molecular complexity index is 502. The fraction of sp³-hybridized carbons (Fsp3) is 0.333. The van der Waals surface area contributed by atoms with Crippen LogP contribution in [0.25, 0.3) is 11.0 Å². The quantitative estimate of drug-likeness (QED) is 0.574. The van der Waals surface area contributed by atoms with Crippen LogP contribution >= 0.6 is 23.2 Å². The first-order valence-corrected chi connectivity index (χ1v) is 5.46. The summed E-state index contributed by atoms with van der Waals surface area (Å²) in [4.78, 5) is 10.6. The molecule has 0 spiro atoms. The van der Waals surface area contributed by atoms with E-state index in [1.165, 1.54) is 12.5 Å². The number of alkyl halides is 1. The molecule has 5 nitrogen and oxygen atoms in total. The van der Waals surface area contributed by atoms with Crippen LogP contribution in [0.4, 0.5) is 0 Å². The first kappa shape index (κ1) is 11.6. The molecule has 7 heteroatoms. The summed E-state index contributed by atoms with van der Waals surface area (Å²) in [7, 11) is 0. The van der Waals surface area contributed by atoms with Crippen LogP contribution in [0.15, 0.2) is 12.5 Å². The van der Waals surface area contributed by atoms with Gasteiger partial charge in [-0.1, -0.05) is 11.6 Å². The zero-order valence-corrected chi connectivity index (χ0v) is 9.57. The van der Waals surface area contributed by atoms with Gasteiger partial charge in [0.05, 0.1) is 17.5 Å². The van der Waals surface area contributed by atoms with Gasteiger partial charge in [-0.3, -0.25) is 0 Å². The fourth-order valence-corrected chi connectivity index (χ4v) is 1.80. The lowest BCUT2D eigenvalue weighted by Gasteiger charge is -2.13. The average Bonchev–Trinajstić information content (AvgIpc) is 2.72. The van der Waals surface area contributed by atoms with E-state index >= 15 is 0 Å². The molecule has 2 atom stereocenters. The van der Waals surface area contributed by atoms with E-state index in [4.69, 9.17) is 23.2 Å². The Balaban J connectivity index is 2.50. The first-order valence-electron chi connectivity index (χ1n) is 4.54. The van der Waals surface area contributed by atoms with Crippen molar-refractivity contribution in [1.29, 1.82) is 0 Å². The Kier molecular flexibility index (Phi) is 3.30. The number of hydrogen-bond acceptors (Lipinski definition) is 4. The summed E-state index contributed by atoms with van der Waals surface area (Å²) in [6.45, 7) is 0. The van der Waals surface area contributed by atoms with Crippen LogP contribution < -0.4 is 0 Å². The van der Waals surface area contributed by atoms with Crippen LogP contribution in [0.1, 0.15) is 11.7 Å². The van der Waals surface area contributed by atoms with Crippen LogP contribution in [-0.4, -0.2) is 37.1 Å². The minimum Gasteiger partial charge on any atom is -0.389 e. The maximum atomic E-state index is 9.81. The third-order valence-corrected chi connectivity index (χ3v) is 2.89. The third-order valence-electron chi connectivity index (χ3n) is 2.29. The van der Waals surface area contributed by atoms with Gasteiger partial charge in [-0.15, -0.1) is 11.6 Å². The average molecular weight is 262 g/mol. The highest BCUT2D eigenvalue weighted by atomic mass is 35.5. The van der Waals surface area contributed by atoms with Gasteiger partial charge in [-0.25, -0.2) is 9.97 Å². The lowest BCUT2D eigenvalue weighted by atomic mass is 10.1. The van der Waals surface area contributed by atoms with Crippen LogP contribution in [0, 0.1) is 0 Å². The van der Waals surface area contributed by atoms with Gasteiger partial charge in [0.25, 0.3) is 0 Å². The van der Waals surface area contributed by atoms with Crippen LogP contribution in [0.5, 0.6) is 0 Å². The summed E-state index contributed by atoms with van der Waals surface area (Å²) >= 11 is 11.3. The lowest BCUT2D eigenvalue weighted by Crippen LogP contribution is -2.19. The van der Waals surface area contributed by atoms with Crippen molar-refractivity contribution in [1.82, 2.24) is 15.0 Å². The molecule has 16 heavy (non-hydrogen) atoms. The highest BCUT2D eigenvalue weighted by Crippen LogP contribution is 2.27. The largest absolute Gasteiger partial charge is 0.389 e. The molecule has 2 aromatic heterocycles. The number of aromatic nitrogens is 3. The number of aromatic amines is 1. The Labute approximate surface area is 101 Å². The first-order chi connectivity index (χ1) is 7.65. The van der Waals surface area contributed by atoms with E-state index in [2.05, 4.69) is 15.0 Å². The maximum Gasteiger partial charge on any atom is 0.156 e. The second-order valence-corrected chi connectivity index (χ2v) is 3.97. The maximum absolute atomic E-state index is 9.81. The highest BCUT2D eigenvalue weighted by molar-refractivity contribution is 6.33. The summed E-state index contributed by atoms with van der Waals surface area (Å²) in [5.41, 5.74) is 1.46. The van der Waals surface area contributed by atoms with E-state index in [0.29, 0.717) is 16.6 Å². The van der Waals surface area contributed by atoms with Crippen molar-refractivity contribution >= 4 is 34.2 Å². The normalized spacial score (nSPS) is 15.2. The van der Waals surface area contributed by atoms with E-state index in [0.717, 1.165) is 0 Å². The van der Waals surface area contributed by atoms with Gasteiger partial charge in [0.1, 0.15) is 17.9 Å². The predicted molar refractivity (Wildman–Crippen MR) is 60.6 cm³/mol. The van der Waals surface area contributed by atoms with Gasteiger partial charge >= 0.3 is 0 Å². The molecule has 0 saturated heterocycles. The monoisotopic (exact) mass is 261 g/mol. The van der Waals surface area contributed by atoms with Gasteiger partial charge in [-0.2, -0.15) is 0 Å². The molecule has 0 amide bonds. The Morgan fingerprint density at radius 3 is 2.81 bits per heavy atom. The van der Waals surface area contributed by atoms with Crippen molar-refractivity contribution in [2.45, 2.75) is 12.2 Å². The molecule has 2 aromatic rings. The molecule has 2 heterocycles. The Morgan fingerprint density at radius 2 is 2.12 bits per heavy atom. The second kappa shape index (κ2) is 4.55. The molecule has 0 aliphatic rings. The summed E-state index contributed by atoms with van der Waals surface area (Å²) in [6, 6.07) is 0. The number of nitrogens with zero attached hydrogens (tertiary/aromatic N) is 2. The van der Waals surface area contributed by atoms with Crippen molar-refractivity contribution in [2.24, 2.45) is 0 Å². The number of nitrogens with one attached hydrogen (secondary N) is 1. The van der Waals surface area contributed by atoms with E-state index < -0.39 is 12.2 Å². The molecule has 2 rings (SSSR count). The summed E-state index contributed by atoms with van der Waals surface area (Å²) in [5.74, 6) is -0.0628. The molecular formula is C9H9Cl2N3O2. The molecule has 3 N–H and O–H groups in total. The van der Waals surface area contributed by atoms with Gasteiger partial charge in [0, 0.05) is 11.8 Å². The number of hydrogen-bond donors (Lipinski definition) is 3. The number of rotatable bonds is 3. The molecule has 0 aliphatic carbocycles. The van der Waals surface area contributed by atoms with Gasteiger partial charge in [0.2, 0.25) is 0 Å². The summed E-state index contributed by atoms with van der Waals surface area (Å²) < 4.78 is 0. The fourth-order valence-electron chi connectivity index (χ4n) is 1.45. The molecule has 0 aliphatic heterocycles. The standard InChI is InChI=1S/C9H9Cl2N3O2/c10-1-5(15)8(16)4-2-12-7-6(4)13-3-14-9(7)11/h2-3,5,8,12,15-16H,1H2. The Hall–Kier alpha value is -0.880. The second-order valence-electron chi connectivity index (χ2n) is 3.30. The van der Waals surface area contributed by atoms with Crippen molar-refractivity contribution < 1.29 is 10.2 Å². The van der Waals surface area contributed by atoms with Crippen molar-refractivity contribution in [3.05, 3.63) is 23.2 Å². The minimum atomic E-state index is -1.10. The Morgan fingerprint density at radius 1 is 1.38 bits per heavy atom. The minimum absolute atomic E-state index is 0.0628. The van der Waals surface area contributed by atoms with Crippen molar-refractivity contribution in [2.75, 3.05) is 5.88 Å². The molecule has 0 bridgehead atoms. The van der Waals surface area contributed by atoms with Crippen molar-refractivity contribution in [3.8, 4) is 0 Å². The highest BCUT2D eigenvalue weighted by Gasteiger charge is 2.22. The number of aliphatic hydroxyl groups excluding tert-OH is 2. The zero-order chi connectivity index (χ0) is 11.7. The number of H-pyrrole nitrogens is 1. The molecule has 86 valence electrons. The lowest BCUT2D eigenvalue weighted by molar-refractivity contribution is 0.0335. The van der Waals surface area contributed by atoms with Crippen LogP contribution in [0.3, 0.4) is 0 Å². The van der Waals surface area contributed by atoms with E-state index in [1.807, 2.05) is 0 Å². The third kappa shape index (κ3) is 1.87. The van der Waals surface area contributed by atoms with Crippen LogP contribution in [0.2, 0.25) is 5.15 Å². The molecule has 0 aromatic carbocycles. The number of aliphatic hydroxyl groups is 2. The summed E-state index contributed by atoms with van der Waals surface area (Å²) in [6.07, 6.45) is 0.680. The van der Waals surface area contributed by atoms with Gasteiger partial charge in [0.15, 0.2) is 5.15 Å². The zero-order valence-electron chi connectivity index (χ0n) is 8.06. The van der Waals surface area contributed by atoms with E-state index in [9.17, 15) is 10.2 Å². The molecule has 0 saturated carbocycles. The number of fused-ring (bicyclic) bond motifs is 1. The molecule has 0 radical (unpaired) electrons. The topological polar surface area (TPSA) is 82.0 Å². The molecule has 0 fully saturated rings.